The first kappa shape index (κ1) is 14.4. The summed E-state index contributed by atoms with van der Waals surface area (Å²) in [5.74, 6) is -0.446. The molecule has 8 nitrogen and oxygen atoms in total. The molecule has 1 aromatic heterocycles. The smallest absolute Gasteiger partial charge is 0.358 e. The third kappa shape index (κ3) is 2.94. The van der Waals surface area contributed by atoms with Crippen molar-refractivity contribution in [2.24, 2.45) is 0 Å². The number of nitrogens with zero attached hydrogens (tertiary/aromatic N) is 4. The van der Waals surface area contributed by atoms with Gasteiger partial charge >= 0.3 is 5.82 Å². The lowest BCUT2D eigenvalue weighted by Gasteiger charge is -2.00. The van der Waals surface area contributed by atoms with Crippen molar-refractivity contribution in [3.05, 3.63) is 59.7 Å². The molecule has 0 fully saturated rings. The van der Waals surface area contributed by atoms with Crippen molar-refractivity contribution < 1.29 is 9.85 Å². The fourth-order valence-electron chi connectivity index (χ4n) is 1.58. The van der Waals surface area contributed by atoms with Gasteiger partial charge in [0.25, 0.3) is 5.69 Å². The molecule has 10 heteroatoms. The van der Waals surface area contributed by atoms with Gasteiger partial charge in [-0.3, -0.25) is 10.1 Å². The first-order valence-electron chi connectivity index (χ1n) is 5.18. The van der Waals surface area contributed by atoms with Crippen molar-refractivity contribution in [3.63, 3.8) is 0 Å². The molecule has 1 heterocycles. The van der Waals surface area contributed by atoms with Gasteiger partial charge in [0.15, 0.2) is 5.02 Å². The molecular weight excluding hydrogens is 355 g/mol. The molecule has 0 aliphatic heterocycles. The van der Waals surface area contributed by atoms with Crippen molar-refractivity contribution in [1.82, 2.24) is 9.78 Å². The Hall–Kier alpha value is -2.00. The van der Waals surface area contributed by atoms with Crippen LogP contribution in [0, 0.1) is 20.2 Å². The molecule has 0 aliphatic rings. The maximum absolute atomic E-state index is 10.8. The molecule has 0 saturated heterocycles. The van der Waals surface area contributed by atoms with Crippen LogP contribution in [0.3, 0.4) is 0 Å². The van der Waals surface area contributed by atoms with Crippen molar-refractivity contribution in [3.8, 4) is 0 Å². The first-order chi connectivity index (χ1) is 9.38. The second-order valence-corrected chi connectivity index (χ2v) is 5.06. The zero-order valence-electron chi connectivity index (χ0n) is 9.69. The van der Waals surface area contributed by atoms with E-state index in [4.69, 9.17) is 11.6 Å². The number of nitro benzene ring substituents is 1. The van der Waals surface area contributed by atoms with Crippen LogP contribution in [-0.2, 0) is 6.54 Å². The van der Waals surface area contributed by atoms with E-state index < -0.39 is 15.7 Å². The van der Waals surface area contributed by atoms with E-state index in [9.17, 15) is 20.2 Å². The van der Waals surface area contributed by atoms with Crippen LogP contribution in [0.4, 0.5) is 11.5 Å². The minimum atomic E-state index is -0.692. The molecule has 0 unspecified atom stereocenters. The van der Waals surface area contributed by atoms with Crippen molar-refractivity contribution in [2.75, 3.05) is 0 Å². The molecule has 0 saturated carbocycles. The minimum absolute atomic E-state index is 0.0818. The molecule has 0 spiro atoms. The summed E-state index contributed by atoms with van der Waals surface area (Å²) in [6.07, 6.45) is 1.30. The zero-order valence-corrected chi connectivity index (χ0v) is 12.0. The van der Waals surface area contributed by atoms with Crippen LogP contribution in [0.15, 0.2) is 28.9 Å². The van der Waals surface area contributed by atoms with E-state index in [1.807, 2.05) is 0 Å². The van der Waals surface area contributed by atoms with Crippen molar-refractivity contribution >= 4 is 39.0 Å². The average Bonchev–Trinajstić information content (AvgIpc) is 2.72. The third-order valence-electron chi connectivity index (χ3n) is 2.42. The van der Waals surface area contributed by atoms with E-state index in [1.165, 1.54) is 23.0 Å². The van der Waals surface area contributed by atoms with Gasteiger partial charge in [0.2, 0.25) is 0 Å². The number of nitro groups is 2. The maximum atomic E-state index is 10.8. The summed E-state index contributed by atoms with van der Waals surface area (Å²) < 4.78 is 1.61. The van der Waals surface area contributed by atoms with Crippen molar-refractivity contribution in [1.29, 1.82) is 0 Å². The monoisotopic (exact) mass is 360 g/mol. The number of hydrogen-bond acceptors (Lipinski definition) is 5. The molecule has 0 amide bonds. The Kier molecular flexibility index (Phi) is 4.00. The van der Waals surface area contributed by atoms with Crippen LogP contribution in [-0.4, -0.2) is 19.6 Å². The van der Waals surface area contributed by atoms with Crippen LogP contribution in [0.25, 0.3) is 0 Å². The largest absolute Gasteiger partial charge is 0.408 e. The van der Waals surface area contributed by atoms with Gasteiger partial charge in [-0.05, 0) is 32.5 Å². The molecule has 2 aromatic rings. The second kappa shape index (κ2) is 5.55. The highest BCUT2D eigenvalue weighted by molar-refractivity contribution is 9.10. The molecule has 20 heavy (non-hydrogen) atoms. The summed E-state index contributed by atoms with van der Waals surface area (Å²) in [7, 11) is 0. The van der Waals surface area contributed by atoms with E-state index in [-0.39, 0.29) is 17.3 Å². The SMILES string of the molecule is O=[N+]([O-])c1cc(Cn2cc(Cl)c([N+](=O)[O-])n2)ccc1Br. The zero-order chi connectivity index (χ0) is 14.9. The Morgan fingerprint density at radius 3 is 2.55 bits per heavy atom. The minimum Gasteiger partial charge on any atom is -0.358 e. The Bertz CT molecular complexity index is 703. The van der Waals surface area contributed by atoms with Crippen LogP contribution in [0.5, 0.6) is 0 Å². The quantitative estimate of drug-likeness (QED) is 0.614. The van der Waals surface area contributed by atoms with E-state index in [0.717, 1.165) is 0 Å². The van der Waals surface area contributed by atoms with Crippen LogP contribution >= 0.6 is 27.5 Å². The lowest BCUT2D eigenvalue weighted by Crippen LogP contribution is -2.02. The maximum Gasteiger partial charge on any atom is 0.408 e. The van der Waals surface area contributed by atoms with Crippen LogP contribution in [0.2, 0.25) is 5.02 Å². The van der Waals surface area contributed by atoms with E-state index in [1.54, 1.807) is 6.07 Å². The number of hydrogen-bond donors (Lipinski definition) is 0. The number of rotatable bonds is 4. The molecule has 2 rings (SSSR count). The number of halogens is 2. The topological polar surface area (TPSA) is 104 Å². The third-order valence-corrected chi connectivity index (χ3v) is 3.36. The number of benzene rings is 1. The van der Waals surface area contributed by atoms with E-state index >= 15 is 0 Å². The summed E-state index contributed by atoms with van der Waals surface area (Å²) in [5.41, 5.74) is 0.490. The van der Waals surface area contributed by atoms with Gasteiger partial charge in [-0.1, -0.05) is 17.7 Å². The highest BCUT2D eigenvalue weighted by Crippen LogP contribution is 2.27. The van der Waals surface area contributed by atoms with E-state index in [0.29, 0.717) is 10.0 Å². The Balaban J connectivity index is 2.31. The van der Waals surface area contributed by atoms with Gasteiger partial charge in [0.1, 0.15) is 0 Å². The van der Waals surface area contributed by atoms with Crippen LogP contribution < -0.4 is 0 Å². The van der Waals surface area contributed by atoms with Gasteiger partial charge < -0.3 is 10.1 Å². The highest BCUT2D eigenvalue weighted by Gasteiger charge is 2.20. The van der Waals surface area contributed by atoms with Gasteiger partial charge in [0, 0.05) is 6.07 Å². The highest BCUT2D eigenvalue weighted by atomic mass is 79.9. The summed E-state index contributed by atoms with van der Waals surface area (Å²) in [6, 6.07) is 4.55. The van der Waals surface area contributed by atoms with Gasteiger partial charge in [-0.25, -0.2) is 0 Å². The summed E-state index contributed by atoms with van der Waals surface area (Å²) in [6.45, 7) is 0.141. The Labute approximate surface area is 125 Å². The molecule has 0 radical (unpaired) electrons. The fourth-order valence-corrected chi connectivity index (χ4v) is 2.19. The fraction of sp³-hybridized carbons (Fsp3) is 0.100. The lowest BCUT2D eigenvalue weighted by atomic mass is 10.2. The molecule has 104 valence electrons. The average molecular weight is 362 g/mol. The summed E-state index contributed by atoms with van der Waals surface area (Å²) >= 11 is 8.75. The summed E-state index contributed by atoms with van der Waals surface area (Å²) in [5, 5.41) is 25.1. The standard InChI is InChI=1S/C10H6BrClN4O4/c11-7-2-1-6(3-9(7)15(17)18)4-14-5-8(12)10(13-14)16(19)20/h1-3,5H,4H2. The molecule has 0 N–H and O–H groups in total. The predicted octanol–water partition coefficient (Wildman–Crippen LogP) is 3.16. The van der Waals surface area contributed by atoms with Gasteiger partial charge in [-0.15, -0.1) is 0 Å². The molecular formula is C10H6BrClN4O4. The Morgan fingerprint density at radius 2 is 2.00 bits per heavy atom. The Morgan fingerprint density at radius 1 is 1.30 bits per heavy atom. The molecule has 0 bridgehead atoms. The molecule has 1 aromatic carbocycles. The number of aromatic nitrogens is 2. The van der Waals surface area contributed by atoms with Gasteiger partial charge in [-0.2, -0.15) is 4.68 Å². The van der Waals surface area contributed by atoms with Gasteiger partial charge in [0.05, 0.1) is 27.2 Å². The summed E-state index contributed by atoms with van der Waals surface area (Å²) in [4.78, 5) is 20.2. The van der Waals surface area contributed by atoms with Crippen LogP contribution in [0.1, 0.15) is 5.56 Å². The second-order valence-electron chi connectivity index (χ2n) is 3.80. The van der Waals surface area contributed by atoms with E-state index in [2.05, 4.69) is 21.0 Å². The normalized spacial score (nSPS) is 10.5. The van der Waals surface area contributed by atoms with Crippen molar-refractivity contribution in [2.45, 2.75) is 6.54 Å². The molecule has 0 atom stereocenters. The first-order valence-corrected chi connectivity index (χ1v) is 6.35. The molecule has 0 aliphatic carbocycles. The lowest BCUT2D eigenvalue weighted by molar-refractivity contribution is -0.389. The predicted molar refractivity (Wildman–Crippen MR) is 73.8 cm³/mol.